The molecule has 1 aliphatic rings. The van der Waals surface area contributed by atoms with E-state index in [-0.39, 0.29) is 0 Å². The highest BCUT2D eigenvalue weighted by molar-refractivity contribution is 5.92. The van der Waals surface area contributed by atoms with E-state index in [1.165, 1.54) is 17.7 Å². The highest BCUT2D eigenvalue weighted by Gasteiger charge is 2.19. The van der Waals surface area contributed by atoms with Crippen LogP contribution in [0.25, 0.3) is 10.9 Å². The van der Waals surface area contributed by atoms with Gasteiger partial charge in [0.1, 0.15) is 0 Å². The summed E-state index contributed by atoms with van der Waals surface area (Å²) in [6.07, 6.45) is 7.97. The van der Waals surface area contributed by atoms with E-state index in [1.54, 1.807) is 0 Å². The van der Waals surface area contributed by atoms with Crippen LogP contribution < -0.4 is 4.90 Å². The molecule has 0 atom stereocenters. The van der Waals surface area contributed by atoms with Crippen molar-refractivity contribution in [2.75, 3.05) is 11.4 Å². The Morgan fingerprint density at radius 2 is 1.90 bits per heavy atom. The highest BCUT2D eigenvalue weighted by Crippen LogP contribution is 2.35. The molecule has 0 radical (unpaired) electrons. The molecule has 0 saturated carbocycles. The van der Waals surface area contributed by atoms with Gasteiger partial charge in [0.25, 0.3) is 0 Å². The number of anilines is 2. The molecule has 3 heteroatoms. The second kappa shape index (κ2) is 4.60. The molecule has 20 heavy (non-hydrogen) atoms. The van der Waals surface area contributed by atoms with Gasteiger partial charge in [-0.2, -0.15) is 0 Å². The van der Waals surface area contributed by atoms with E-state index in [9.17, 15) is 0 Å². The number of nitrogens with zero attached hydrogens (tertiary/aromatic N) is 3. The number of aryl methyl sites for hydroxylation is 1. The predicted molar refractivity (Wildman–Crippen MR) is 81.3 cm³/mol. The lowest BCUT2D eigenvalue weighted by atomic mass is 10.0. The summed E-state index contributed by atoms with van der Waals surface area (Å²) in [6, 6.07) is 12.6. The zero-order valence-corrected chi connectivity index (χ0v) is 11.2. The van der Waals surface area contributed by atoms with Crippen LogP contribution in [0, 0.1) is 0 Å². The van der Waals surface area contributed by atoms with Crippen molar-refractivity contribution >= 4 is 22.3 Å². The Kier molecular flexibility index (Phi) is 2.62. The molecule has 2 aromatic heterocycles. The molecule has 98 valence electrons. The Bertz CT molecular complexity index is 762. The zero-order valence-electron chi connectivity index (χ0n) is 11.2. The van der Waals surface area contributed by atoms with Crippen molar-refractivity contribution in [3.63, 3.8) is 0 Å². The third-order valence-electron chi connectivity index (χ3n) is 3.89. The van der Waals surface area contributed by atoms with Crippen LogP contribution in [0.1, 0.15) is 12.0 Å². The molecule has 0 amide bonds. The minimum absolute atomic E-state index is 1.02. The van der Waals surface area contributed by atoms with E-state index in [0.717, 1.165) is 29.6 Å². The number of hydrogen-bond acceptors (Lipinski definition) is 3. The fourth-order valence-corrected chi connectivity index (χ4v) is 2.97. The van der Waals surface area contributed by atoms with E-state index >= 15 is 0 Å². The molecule has 1 aromatic carbocycles. The maximum Gasteiger partial charge on any atom is 0.0970 e. The van der Waals surface area contributed by atoms with Crippen LogP contribution in [0.5, 0.6) is 0 Å². The lowest BCUT2D eigenvalue weighted by Gasteiger charge is -2.31. The summed E-state index contributed by atoms with van der Waals surface area (Å²) in [6.45, 7) is 1.02. The molecule has 3 nitrogen and oxygen atoms in total. The number of benzene rings is 1. The second-order valence-electron chi connectivity index (χ2n) is 5.12. The van der Waals surface area contributed by atoms with Crippen molar-refractivity contribution in [3.05, 3.63) is 60.6 Å². The molecule has 0 saturated heterocycles. The van der Waals surface area contributed by atoms with Crippen molar-refractivity contribution in [2.45, 2.75) is 12.8 Å². The second-order valence-corrected chi connectivity index (χ2v) is 5.12. The average Bonchev–Trinajstić information content (AvgIpc) is 2.54. The molecule has 3 aromatic rings. The molecular formula is C17H15N3. The number of aromatic nitrogens is 2. The van der Waals surface area contributed by atoms with Crippen molar-refractivity contribution in [1.82, 2.24) is 9.97 Å². The number of hydrogen-bond donors (Lipinski definition) is 0. The minimum Gasteiger partial charge on any atom is -0.338 e. The fourth-order valence-electron chi connectivity index (χ4n) is 2.97. The van der Waals surface area contributed by atoms with Crippen LogP contribution >= 0.6 is 0 Å². The molecule has 4 rings (SSSR count). The lowest BCUT2D eigenvalue weighted by Crippen LogP contribution is -2.24. The molecule has 0 N–H and O–H groups in total. The smallest absolute Gasteiger partial charge is 0.0970 e. The topological polar surface area (TPSA) is 29.0 Å². The number of para-hydroxylation sites is 1. The highest BCUT2D eigenvalue weighted by atomic mass is 15.2. The maximum atomic E-state index is 4.55. The van der Waals surface area contributed by atoms with E-state index in [0.29, 0.717) is 0 Å². The van der Waals surface area contributed by atoms with Gasteiger partial charge in [-0.25, -0.2) is 0 Å². The third kappa shape index (κ3) is 1.74. The first-order valence-corrected chi connectivity index (χ1v) is 6.98. The summed E-state index contributed by atoms with van der Waals surface area (Å²) >= 11 is 0. The Morgan fingerprint density at radius 3 is 2.90 bits per heavy atom. The maximum absolute atomic E-state index is 4.55. The molecule has 0 fully saturated rings. The van der Waals surface area contributed by atoms with Gasteiger partial charge >= 0.3 is 0 Å². The van der Waals surface area contributed by atoms with E-state index < -0.39 is 0 Å². The van der Waals surface area contributed by atoms with Crippen molar-refractivity contribution < 1.29 is 0 Å². The van der Waals surface area contributed by atoms with Gasteiger partial charge in [-0.15, -0.1) is 0 Å². The van der Waals surface area contributed by atoms with E-state index in [4.69, 9.17) is 0 Å². The van der Waals surface area contributed by atoms with Crippen molar-refractivity contribution in [3.8, 4) is 0 Å². The molecule has 3 heterocycles. The number of fused-ring (bicyclic) bond motifs is 2. The molecule has 0 unspecified atom stereocenters. The largest absolute Gasteiger partial charge is 0.338 e. The summed E-state index contributed by atoms with van der Waals surface area (Å²) in [7, 11) is 0. The van der Waals surface area contributed by atoms with E-state index in [1.807, 2.05) is 24.7 Å². The van der Waals surface area contributed by atoms with Gasteiger partial charge in [0.15, 0.2) is 0 Å². The van der Waals surface area contributed by atoms with E-state index in [2.05, 4.69) is 45.2 Å². The normalized spacial score (nSPS) is 14.3. The Labute approximate surface area is 117 Å². The van der Waals surface area contributed by atoms with Crippen LogP contribution in [0.2, 0.25) is 0 Å². The first-order chi connectivity index (χ1) is 9.93. The van der Waals surface area contributed by atoms with Gasteiger partial charge in [0, 0.05) is 30.0 Å². The predicted octanol–water partition coefficient (Wildman–Crippen LogP) is 3.71. The Morgan fingerprint density at radius 1 is 0.950 bits per heavy atom. The standard InChI is InChI=1S/C17H15N3/c1-2-8-15-13(5-1)7-4-10-20(15)16-12-18-11-14-6-3-9-19-17(14)16/h1-3,5-6,8-9,11-12H,4,7,10H2. The van der Waals surface area contributed by atoms with Crippen LogP contribution in [0.15, 0.2) is 55.0 Å². The Hall–Kier alpha value is -2.42. The zero-order chi connectivity index (χ0) is 13.4. The molecule has 0 spiro atoms. The fraction of sp³-hybridized carbons (Fsp3) is 0.176. The molecule has 0 aliphatic carbocycles. The number of pyridine rings is 2. The summed E-state index contributed by atoms with van der Waals surface area (Å²) in [5, 5.41) is 1.09. The van der Waals surface area contributed by atoms with Gasteiger partial charge in [-0.1, -0.05) is 18.2 Å². The first kappa shape index (κ1) is 11.4. The first-order valence-electron chi connectivity index (χ1n) is 6.98. The summed E-state index contributed by atoms with van der Waals surface area (Å²) in [5.74, 6) is 0. The summed E-state index contributed by atoms with van der Waals surface area (Å²) in [5.41, 5.74) is 4.83. The van der Waals surface area contributed by atoms with Crippen LogP contribution in [0.4, 0.5) is 11.4 Å². The van der Waals surface area contributed by atoms with Crippen LogP contribution in [0.3, 0.4) is 0 Å². The quantitative estimate of drug-likeness (QED) is 0.668. The average molecular weight is 261 g/mol. The van der Waals surface area contributed by atoms with Crippen molar-refractivity contribution in [2.24, 2.45) is 0 Å². The lowest BCUT2D eigenvalue weighted by molar-refractivity contribution is 0.767. The molecular weight excluding hydrogens is 246 g/mol. The van der Waals surface area contributed by atoms with Gasteiger partial charge in [-0.05, 0) is 36.6 Å². The van der Waals surface area contributed by atoms with Crippen LogP contribution in [-0.2, 0) is 6.42 Å². The van der Waals surface area contributed by atoms with Gasteiger partial charge < -0.3 is 4.90 Å². The third-order valence-corrected chi connectivity index (χ3v) is 3.89. The molecule has 0 bridgehead atoms. The molecule has 1 aliphatic heterocycles. The van der Waals surface area contributed by atoms with Crippen LogP contribution in [-0.4, -0.2) is 16.5 Å². The van der Waals surface area contributed by atoms with Gasteiger partial charge in [0.2, 0.25) is 0 Å². The summed E-state index contributed by atoms with van der Waals surface area (Å²) in [4.78, 5) is 11.3. The monoisotopic (exact) mass is 261 g/mol. The Balaban J connectivity index is 1.93. The summed E-state index contributed by atoms with van der Waals surface area (Å²) < 4.78 is 0. The number of rotatable bonds is 1. The SMILES string of the molecule is c1ccc2c(c1)CCCN2c1cncc2cccnc12. The van der Waals surface area contributed by atoms with Crippen molar-refractivity contribution in [1.29, 1.82) is 0 Å². The van der Waals surface area contributed by atoms with Gasteiger partial charge in [0.05, 0.1) is 17.4 Å². The minimum atomic E-state index is 1.02. The van der Waals surface area contributed by atoms with Gasteiger partial charge in [-0.3, -0.25) is 9.97 Å².